The summed E-state index contributed by atoms with van der Waals surface area (Å²) in [6.07, 6.45) is 6.30. The van der Waals surface area contributed by atoms with Gasteiger partial charge in [0.05, 0.1) is 42.3 Å². The van der Waals surface area contributed by atoms with Gasteiger partial charge in [-0.1, -0.05) is 12.3 Å². The fourth-order valence-electron chi connectivity index (χ4n) is 4.37. The zero-order valence-corrected chi connectivity index (χ0v) is 16.8. The van der Waals surface area contributed by atoms with Crippen LogP contribution in [0.4, 0.5) is 4.79 Å². The molecule has 2 heterocycles. The van der Waals surface area contributed by atoms with Crippen LogP contribution in [0.15, 0.2) is 11.3 Å². The number of nitrogens with zero attached hydrogens (tertiary/aromatic N) is 1. The van der Waals surface area contributed by atoms with E-state index in [1.165, 1.54) is 11.8 Å². The molecule has 1 aliphatic carbocycles. The molecule has 1 saturated heterocycles. The zero-order chi connectivity index (χ0) is 18.3. The third-order valence-corrected chi connectivity index (χ3v) is 5.27. The fraction of sp³-hybridized carbons (Fsp3) is 0.588. The molecular formula is C17H20N3NaO5. The Hall–Kier alpha value is -1.53. The van der Waals surface area contributed by atoms with Crippen molar-refractivity contribution in [3.63, 3.8) is 0 Å². The van der Waals surface area contributed by atoms with E-state index in [0.29, 0.717) is 18.4 Å². The molecule has 0 aromatic carbocycles. The molecule has 0 aromatic rings. The van der Waals surface area contributed by atoms with Crippen molar-refractivity contribution >= 4 is 17.9 Å². The Morgan fingerprint density at radius 2 is 2.15 bits per heavy atom. The molecule has 9 heteroatoms. The van der Waals surface area contributed by atoms with Crippen molar-refractivity contribution in [2.45, 2.75) is 44.4 Å². The SMILES string of the molecule is C#CCNC(=O)N[C@H]1CCC[C@H]2C1=C(C(=O)[O-])N1C(=O)[C@H](C(C)O)[C@@H]21.[Na+]. The van der Waals surface area contributed by atoms with Gasteiger partial charge < -0.3 is 30.5 Å². The van der Waals surface area contributed by atoms with E-state index in [1.54, 1.807) is 0 Å². The molecule has 0 radical (unpaired) electrons. The quantitative estimate of drug-likeness (QED) is 0.261. The van der Waals surface area contributed by atoms with Gasteiger partial charge in [-0.05, 0) is 25.3 Å². The van der Waals surface area contributed by atoms with Gasteiger partial charge in [-0.15, -0.1) is 6.42 Å². The Labute approximate surface area is 173 Å². The summed E-state index contributed by atoms with van der Waals surface area (Å²) >= 11 is 0. The average Bonchev–Trinajstić information content (AvgIpc) is 2.84. The summed E-state index contributed by atoms with van der Waals surface area (Å²) in [5, 5.41) is 26.8. The largest absolute Gasteiger partial charge is 1.00 e. The number of nitrogens with one attached hydrogen (secondary N) is 2. The number of rotatable bonds is 4. The third-order valence-electron chi connectivity index (χ3n) is 5.27. The van der Waals surface area contributed by atoms with E-state index in [9.17, 15) is 24.6 Å². The second-order valence-electron chi connectivity index (χ2n) is 6.68. The molecule has 3 rings (SSSR count). The van der Waals surface area contributed by atoms with E-state index < -0.39 is 36.0 Å². The van der Waals surface area contributed by atoms with Gasteiger partial charge in [0.15, 0.2) is 0 Å². The van der Waals surface area contributed by atoms with Crippen molar-refractivity contribution in [2.75, 3.05) is 6.54 Å². The Morgan fingerprint density at radius 1 is 1.46 bits per heavy atom. The first-order valence-corrected chi connectivity index (χ1v) is 8.32. The molecular weight excluding hydrogens is 349 g/mol. The van der Waals surface area contributed by atoms with Crippen LogP contribution >= 0.6 is 0 Å². The van der Waals surface area contributed by atoms with Gasteiger partial charge in [0.1, 0.15) is 0 Å². The van der Waals surface area contributed by atoms with E-state index in [1.807, 2.05) is 0 Å². The number of fused-ring (bicyclic) bond motifs is 3. The van der Waals surface area contributed by atoms with E-state index >= 15 is 0 Å². The molecule has 8 nitrogen and oxygen atoms in total. The number of aliphatic carboxylic acids is 1. The predicted molar refractivity (Wildman–Crippen MR) is 84.3 cm³/mol. The summed E-state index contributed by atoms with van der Waals surface area (Å²) in [7, 11) is 0. The van der Waals surface area contributed by atoms with Crippen molar-refractivity contribution in [3.05, 3.63) is 11.3 Å². The molecule has 2 fully saturated rings. The second-order valence-corrected chi connectivity index (χ2v) is 6.68. The van der Waals surface area contributed by atoms with Crippen LogP contribution in [-0.4, -0.2) is 52.6 Å². The van der Waals surface area contributed by atoms with Gasteiger partial charge in [-0.2, -0.15) is 0 Å². The minimum atomic E-state index is -1.43. The molecule has 0 spiro atoms. The van der Waals surface area contributed by atoms with Crippen molar-refractivity contribution in [1.82, 2.24) is 15.5 Å². The predicted octanol–water partition coefficient (Wildman–Crippen LogP) is -4.68. The number of β-lactam (4-membered cyclic amide) rings is 1. The van der Waals surface area contributed by atoms with Gasteiger partial charge in [-0.3, -0.25) is 4.79 Å². The summed E-state index contributed by atoms with van der Waals surface area (Å²) in [4.78, 5) is 37.2. The van der Waals surface area contributed by atoms with Crippen molar-refractivity contribution < 1.29 is 54.2 Å². The number of hydrogen-bond acceptors (Lipinski definition) is 5. The maximum absolute atomic E-state index is 12.3. The fourth-order valence-corrected chi connectivity index (χ4v) is 4.37. The number of amides is 3. The minimum Gasteiger partial charge on any atom is -0.543 e. The first-order chi connectivity index (χ1) is 11.9. The van der Waals surface area contributed by atoms with E-state index in [2.05, 4.69) is 16.6 Å². The van der Waals surface area contributed by atoms with E-state index in [4.69, 9.17) is 6.42 Å². The number of urea groups is 1. The summed E-state index contributed by atoms with van der Waals surface area (Å²) < 4.78 is 0. The number of carboxylic acids is 1. The molecule has 3 N–H and O–H groups in total. The first kappa shape index (κ1) is 20.8. The maximum Gasteiger partial charge on any atom is 1.00 e. The molecule has 2 aliphatic heterocycles. The third kappa shape index (κ3) is 3.25. The average molecular weight is 369 g/mol. The van der Waals surface area contributed by atoms with Crippen LogP contribution in [0.2, 0.25) is 0 Å². The van der Waals surface area contributed by atoms with Crippen LogP contribution in [0, 0.1) is 24.2 Å². The minimum absolute atomic E-state index is 0. The summed E-state index contributed by atoms with van der Waals surface area (Å²) in [6, 6.07) is -1.37. The summed E-state index contributed by atoms with van der Waals surface area (Å²) in [6.45, 7) is 1.59. The van der Waals surface area contributed by atoms with Crippen molar-refractivity contribution in [1.29, 1.82) is 0 Å². The second kappa shape index (κ2) is 8.01. The van der Waals surface area contributed by atoms with Crippen LogP contribution in [0.25, 0.3) is 0 Å². The standard InChI is InChI=1S/C17H21N3O5.Na/c1-3-7-18-17(25)19-10-6-4-5-9-12(10)14(16(23)24)20-13(9)11(8(2)21)15(20)22;/h1,8-11,13,21H,4-7H2,2H3,(H,23,24)(H2,18,19,25);/q;+1/p-1/t8?,9-,10-,11+,13+;/m0./s1. The van der Waals surface area contributed by atoms with Gasteiger partial charge in [0.25, 0.3) is 0 Å². The molecule has 3 aliphatic rings. The van der Waals surface area contributed by atoms with Crippen LogP contribution in [-0.2, 0) is 9.59 Å². The van der Waals surface area contributed by atoms with Gasteiger partial charge >= 0.3 is 35.6 Å². The van der Waals surface area contributed by atoms with E-state index in [-0.39, 0.29) is 53.8 Å². The van der Waals surface area contributed by atoms with Gasteiger partial charge in [-0.25, -0.2) is 4.79 Å². The van der Waals surface area contributed by atoms with Crippen LogP contribution < -0.4 is 45.3 Å². The topological polar surface area (TPSA) is 122 Å². The number of terminal acetylenes is 1. The smallest absolute Gasteiger partial charge is 0.543 e. The van der Waals surface area contributed by atoms with Crippen LogP contribution in [0.3, 0.4) is 0 Å². The molecule has 0 aromatic heterocycles. The number of carbonyl (C=O) groups is 3. The normalized spacial score (nSPS) is 30.2. The molecule has 134 valence electrons. The summed E-state index contributed by atoms with van der Waals surface area (Å²) in [5.41, 5.74) is 0.363. The number of carbonyl (C=O) groups excluding carboxylic acids is 3. The van der Waals surface area contributed by atoms with Crippen molar-refractivity contribution in [3.8, 4) is 12.3 Å². The number of hydrogen-bond donors (Lipinski definition) is 3. The summed E-state index contributed by atoms with van der Waals surface area (Å²) in [5.74, 6) is -0.367. The molecule has 3 amide bonds. The monoisotopic (exact) mass is 369 g/mol. The van der Waals surface area contributed by atoms with Gasteiger partial charge in [0, 0.05) is 5.92 Å². The Morgan fingerprint density at radius 3 is 2.73 bits per heavy atom. The molecule has 26 heavy (non-hydrogen) atoms. The number of aliphatic hydroxyl groups excluding tert-OH is 1. The molecule has 1 saturated carbocycles. The van der Waals surface area contributed by atoms with Crippen molar-refractivity contribution in [2.24, 2.45) is 11.8 Å². The Kier molecular flexibility index (Phi) is 6.40. The Balaban J connectivity index is 0.00000243. The molecule has 1 unspecified atom stereocenters. The van der Waals surface area contributed by atoms with Crippen LogP contribution in [0.1, 0.15) is 26.2 Å². The first-order valence-electron chi connectivity index (χ1n) is 8.32. The van der Waals surface area contributed by atoms with Gasteiger partial charge in [0.2, 0.25) is 5.91 Å². The van der Waals surface area contributed by atoms with Crippen LogP contribution in [0.5, 0.6) is 0 Å². The number of aliphatic hydroxyl groups is 1. The maximum atomic E-state index is 12.3. The van der Waals surface area contributed by atoms with E-state index in [0.717, 1.165) is 6.42 Å². The molecule has 0 bridgehead atoms. The molecule has 5 atom stereocenters. The zero-order valence-electron chi connectivity index (χ0n) is 14.8. The number of carboxylic acid groups (broad SMARTS) is 1. The Bertz CT molecular complexity index is 699.